The highest BCUT2D eigenvalue weighted by Gasteiger charge is 2.13. The largest absolute Gasteiger partial charge is 0.472 e. The molecule has 0 radical (unpaired) electrons. The van der Waals surface area contributed by atoms with Crippen molar-refractivity contribution < 1.29 is 4.42 Å². The van der Waals surface area contributed by atoms with Crippen LogP contribution in [0.15, 0.2) is 52.2 Å². The van der Waals surface area contributed by atoms with Crippen LogP contribution in [-0.2, 0) is 0 Å². The summed E-state index contributed by atoms with van der Waals surface area (Å²) in [5, 5.41) is 4.35. The Morgan fingerprint density at radius 1 is 1.32 bits per heavy atom. The molecule has 0 saturated carbocycles. The minimum absolute atomic E-state index is 0.292. The minimum Gasteiger partial charge on any atom is -0.472 e. The summed E-state index contributed by atoms with van der Waals surface area (Å²) in [6.07, 6.45) is 4.64. The van der Waals surface area contributed by atoms with Crippen molar-refractivity contribution >= 4 is 23.4 Å². The van der Waals surface area contributed by atoms with Gasteiger partial charge in [-0.15, -0.1) is 11.8 Å². The summed E-state index contributed by atoms with van der Waals surface area (Å²) >= 11 is 7.94. The third-order valence-electron chi connectivity index (χ3n) is 2.83. The van der Waals surface area contributed by atoms with Crippen molar-refractivity contribution in [3.63, 3.8) is 0 Å². The number of furan rings is 1. The van der Waals surface area contributed by atoms with Crippen LogP contribution in [0, 0.1) is 0 Å². The highest BCUT2D eigenvalue weighted by Crippen LogP contribution is 2.30. The fourth-order valence-corrected chi connectivity index (χ4v) is 3.14. The Morgan fingerprint density at radius 2 is 2.16 bits per heavy atom. The van der Waals surface area contributed by atoms with Crippen LogP contribution in [-0.4, -0.2) is 12.3 Å². The van der Waals surface area contributed by atoms with E-state index in [9.17, 15) is 0 Å². The average molecular weight is 296 g/mol. The fraction of sp³-hybridized carbons (Fsp3) is 0.333. The molecule has 0 aliphatic heterocycles. The molecule has 1 aromatic carbocycles. The number of benzene rings is 1. The van der Waals surface area contributed by atoms with Gasteiger partial charge in [0.15, 0.2) is 0 Å². The van der Waals surface area contributed by atoms with Crippen molar-refractivity contribution in [2.24, 2.45) is 0 Å². The number of rotatable bonds is 7. The number of nitrogens with one attached hydrogen (secondary N) is 1. The normalized spacial score (nSPS) is 12.5. The molecular formula is C15H18ClNOS. The van der Waals surface area contributed by atoms with Crippen molar-refractivity contribution in [2.45, 2.75) is 24.3 Å². The van der Waals surface area contributed by atoms with E-state index in [0.29, 0.717) is 6.04 Å². The lowest BCUT2D eigenvalue weighted by atomic mass is 10.2. The fourth-order valence-electron chi connectivity index (χ4n) is 1.80. The molecule has 1 heterocycles. The predicted molar refractivity (Wildman–Crippen MR) is 81.9 cm³/mol. The summed E-state index contributed by atoms with van der Waals surface area (Å²) in [5.74, 6) is 0.934. The highest BCUT2D eigenvalue weighted by atomic mass is 35.5. The van der Waals surface area contributed by atoms with Gasteiger partial charge in [0.1, 0.15) is 0 Å². The van der Waals surface area contributed by atoms with E-state index >= 15 is 0 Å². The summed E-state index contributed by atoms with van der Waals surface area (Å²) in [5.41, 5.74) is 1.19. The topological polar surface area (TPSA) is 25.2 Å². The Kier molecular flexibility index (Phi) is 5.83. The number of thioether (sulfide) groups is 1. The lowest BCUT2D eigenvalue weighted by molar-refractivity contribution is 0.541. The summed E-state index contributed by atoms with van der Waals surface area (Å²) in [6, 6.07) is 10.3. The first-order chi connectivity index (χ1) is 9.31. The average Bonchev–Trinajstić information content (AvgIpc) is 2.94. The zero-order valence-electron chi connectivity index (χ0n) is 10.9. The van der Waals surface area contributed by atoms with Gasteiger partial charge in [-0.25, -0.2) is 0 Å². The highest BCUT2D eigenvalue weighted by molar-refractivity contribution is 7.99. The predicted octanol–water partition coefficient (Wildman–Crippen LogP) is 4.77. The molecular weight excluding hydrogens is 278 g/mol. The van der Waals surface area contributed by atoms with Gasteiger partial charge in [0, 0.05) is 22.3 Å². The van der Waals surface area contributed by atoms with Crippen LogP contribution in [0.3, 0.4) is 0 Å². The quantitative estimate of drug-likeness (QED) is 0.745. The molecule has 19 heavy (non-hydrogen) atoms. The van der Waals surface area contributed by atoms with E-state index < -0.39 is 0 Å². The number of hydrogen-bond donors (Lipinski definition) is 1. The second kappa shape index (κ2) is 7.63. The number of hydrogen-bond acceptors (Lipinski definition) is 3. The maximum absolute atomic E-state index is 6.18. The van der Waals surface area contributed by atoms with E-state index in [0.717, 1.165) is 28.6 Å². The monoisotopic (exact) mass is 295 g/mol. The van der Waals surface area contributed by atoms with Gasteiger partial charge in [-0.1, -0.05) is 30.7 Å². The van der Waals surface area contributed by atoms with Crippen molar-refractivity contribution in [3.05, 3.63) is 53.4 Å². The molecule has 1 unspecified atom stereocenters. The Bertz CT molecular complexity index is 487. The van der Waals surface area contributed by atoms with Gasteiger partial charge < -0.3 is 9.73 Å². The molecule has 1 aromatic heterocycles. The Hall–Kier alpha value is -0.900. The molecule has 4 heteroatoms. The van der Waals surface area contributed by atoms with Gasteiger partial charge in [-0.2, -0.15) is 0 Å². The van der Waals surface area contributed by atoms with E-state index in [4.69, 9.17) is 16.0 Å². The van der Waals surface area contributed by atoms with Crippen molar-refractivity contribution in [1.29, 1.82) is 0 Å². The molecule has 2 rings (SSSR count). The molecule has 0 aliphatic carbocycles. The summed E-state index contributed by atoms with van der Waals surface area (Å²) in [4.78, 5) is 1.12. The molecule has 0 spiro atoms. The second-order valence-corrected chi connectivity index (χ2v) is 5.77. The van der Waals surface area contributed by atoms with Gasteiger partial charge in [-0.05, 0) is 31.2 Å². The van der Waals surface area contributed by atoms with E-state index in [1.807, 2.05) is 24.3 Å². The molecule has 2 nitrogen and oxygen atoms in total. The first kappa shape index (κ1) is 14.5. The van der Waals surface area contributed by atoms with Crippen LogP contribution in [0.2, 0.25) is 5.02 Å². The molecule has 1 N–H and O–H groups in total. The van der Waals surface area contributed by atoms with Gasteiger partial charge >= 0.3 is 0 Å². The lowest BCUT2D eigenvalue weighted by Crippen LogP contribution is -2.23. The molecule has 0 bridgehead atoms. The Labute approximate surface area is 123 Å². The molecule has 0 fully saturated rings. The minimum atomic E-state index is 0.292. The smallest absolute Gasteiger partial charge is 0.0950 e. The van der Waals surface area contributed by atoms with E-state index in [1.165, 1.54) is 5.56 Å². The van der Waals surface area contributed by atoms with Crippen LogP contribution < -0.4 is 5.32 Å². The van der Waals surface area contributed by atoms with E-state index in [2.05, 4.69) is 18.3 Å². The summed E-state index contributed by atoms with van der Waals surface area (Å²) in [6.45, 7) is 3.17. The Balaban J connectivity index is 1.99. The number of halogens is 1. The van der Waals surface area contributed by atoms with Crippen LogP contribution >= 0.6 is 23.4 Å². The van der Waals surface area contributed by atoms with Gasteiger partial charge in [-0.3, -0.25) is 0 Å². The zero-order valence-corrected chi connectivity index (χ0v) is 12.5. The molecule has 1 atom stereocenters. The van der Waals surface area contributed by atoms with E-state index in [1.54, 1.807) is 24.3 Å². The lowest BCUT2D eigenvalue weighted by Gasteiger charge is -2.17. The molecule has 102 valence electrons. The third kappa shape index (κ3) is 4.30. The van der Waals surface area contributed by atoms with Crippen LogP contribution in [0.25, 0.3) is 0 Å². The summed E-state index contributed by atoms with van der Waals surface area (Å²) < 4.78 is 5.18. The van der Waals surface area contributed by atoms with Gasteiger partial charge in [0.2, 0.25) is 0 Å². The first-order valence-electron chi connectivity index (χ1n) is 6.44. The SMILES string of the molecule is CCCNC(CSc1ccccc1Cl)c1ccoc1. The van der Waals surface area contributed by atoms with Crippen molar-refractivity contribution in [1.82, 2.24) is 5.32 Å². The van der Waals surface area contributed by atoms with Crippen LogP contribution in [0.1, 0.15) is 24.9 Å². The van der Waals surface area contributed by atoms with Gasteiger partial charge in [0.25, 0.3) is 0 Å². The van der Waals surface area contributed by atoms with Crippen molar-refractivity contribution in [3.8, 4) is 0 Å². The molecule has 0 saturated heterocycles. The zero-order chi connectivity index (χ0) is 13.5. The first-order valence-corrected chi connectivity index (χ1v) is 7.80. The molecule has 0 aliphatic rings. The van der Waals surface area contributed by atoms with Crippen molar-refractivity contribution in [2.75, 3.05) is 12.3 Å². The van der Waals surface area contributed by atoms with E-state index in [-0.39, 0.29) is 0 Å². The standard InChI is InChI=1S/C15H18ClNOS/c1-2-8-17-14(12-7-9-18-10-12)11-19-15-6-4-3-5-13(15)16/h3-7,9-10,14,17H,2,8,11H2,1H3. The maximum atomic E-state index is 6.18. The second-order valence-electron chi connectivity index (χ2n) is 4.30. The maximum Gasteiger partial charge on any atom is 0.0950 e. The summed E-state index contributed by atoms with van der Waals surface area (Å²) in [7, 11) is 0. The Morgan fingerprint density at radius 3 is 2.84 bits per heavy atom. The van der Waals surface area contributed by atoms with Crippen LogP contribution in [0.5, 0.6) is 0 Å². The molecule has 0 amide bonds. The van der Waals surface area contributed by atoms with Gasteiger partial charge in [0.05, 0.1) is 17.5 Å². The van der Waals surface area contributed by atoms with Crippen LogP contribution in [0.4, 0.5) is 0 Å². The molecule has 2 aromatic rings. The third-order valence-corrected chi connectivity index (χ3v) is 4.44.